The summed E-state index contributed by atoms with van der Waals surface area (Å²) >= 11 is 0. The fourth-order valence-electron chi connectivity index (χ4n) is 2.67. The average molecular weight is 556 g/mol. The highest BCUT2D eigenvalue weighted by Gasteiger charge is 2.75. The van der Waals surface area contributed by atoms with Gasteiger partial charge in [0.05, 0.1) is 0 Å². The summed E-state index contributed by atoms with van der Waals surface area (Å²) in [6, 6.07) is 0. The molecule has 7 nitrogen and oxygen atoms in total. The van der Waals surface area contributed by atoms with E-state index in [9.17, 15) is 57.5 Å². The van der Waals surface area contributed by atoms with Gasteiger partial charge in [-0.3, -0.25) is 14.1 Å². The molecule has 17 heteroatoms. The van der Waals surface area contributed by atoms with Crippen molar-refractivity contribution in [1.82, 2.24) is 0 Å². The number of unbranched alkanes of at least 4 members (excludes halogenated alkanes) is 4. The van der Waals surface area contributed by atoms with Crippen molar-refractivity contribution in [3.05, 3.63) is 0 Å². The third kappa shape index (κ3) is 10.0. The maximum atomic E-state index is 13.1. The van der Waals surface area contributed by atoms with E-state index in [-0.39, 0.29) is 38.5 Å². The Morgan fingerprint density at radius 2 is 1.09 bits per heavy atom. The van der Waals surface area contributed by atoms with E-state index in [1.165, 1.54) is 6.92 Å². The number of esters is 2. The molecule has 0 aliphatic rings. The SMILES string of the molecule is CCC(C)(OC(=O)CCCCCCCC(=O)OC(CS(=O)(=O)O)(C(F)(F)F)C(F)(F)F)C(F)(F)F. The summed E-state index contributed by atoms with van der Waals surface area (Å²) in [4.78, 5) is 23.2. The summed E-state index contributed by atoms with van der Waals surface area (Å²) in [5, 5.41) is 0. The zero-order valence-electron chi connectivity index (χ0n) is 18.6. The molecule has 0 saturated carbocycles. The molecule has 0 aliphatic heterocycles. The molecule has 0 rings (SSSR count). The van der Waals surface area contributed by atoms with E-state index in [2.05, 4.69) is 9.47 Å². The Bertz CT molecular complexity index is 806. The largest absolute Gasteiger partial charge is 0.450 e. The molecular formula is C18H25F9O7S. The lowest BCUT2D eigenvalue weighted by molar-refractivity contribution is -0.361. The van der Waals surface area contributed by atoms with Gasteiger partial charge in [-0.1, -0.05) is 26.2 Å². The van der Waals surface area contributed by atoms with Crippen molar-refractivity contribution >= 4 is 22.1 Å². The molecule has 0 aromatic carbocycles. The van der Waals surface area contributed by atoms with Gasteiger partial charge in [0.15, 0.2) is 0 Å². The normalized spacial score (nSPS) is 15.4. The summed E-state index contributed by atoms with van der Waals surface area (Å²) in [5.74, 6) is -6.09. The minimum Gasteiger partial charge on any atom is -0.450 e. The number of hydrogen-bond acceptors (Lipinski definition) is 6. The van der Waals surface area contributed by atoms with Gasteiger partial charge in [0, 0.05) is 12.8 Å². The Morgan fingerprint density at radius 1 is 0.714 bits per heavy atom. The van der Waals surface area contributed by atoms with Crippen molar-refractivity contribution in [3.63, 3.8) is 0 Å². The van der Waals surface area contributed by atoms with Crippen molar-refractivity contribution < 1.29 is 71.5 Å². The molecule has 0 saturated heterocycles. The van der Waals surface area contributed by atoms with Crippen molar-refractivity contribution in [2.24, 2.45) is 0 Å². The predicted molar refractivity (Wildman–Crippen MR) is 101 cm³/mol. The van der Waals surface area contributed by atoms with Crippen LogP contribution in [0.5, 0.6) is 0 Å². The molecule has 0 fully saturated rings. The van der Waals surface area contributed by atoms with E-state index >= 15 is 0 Å². The Hall–Kier alpha value is -1.78. The molecular weight excluding hydrogens is 531 g/mol. The first-order chi connectivity index (χ1) is 15.5. The van der Waals surface area contributed by atoms with E-state index in [4.69, 9.17) is 4.55 Å². The highest BCUT2D eigenvalue weighted by atomic mass is 32.2. The molecule has 1 N–H and O–H groups in total. The summed E-state index contributed by atoms with van der Waals surface area (Å²) < 4.78 is 155. The lowest BCUT2D eigenvalue weighted by atomic mass is 10.0. The minimum absolute atomic E-state index is 0.0582. The minimum atomic E-state index is -6.41. The molecule has 0 amide bonds. The van der Waals surface area contributed by atoms with E-state index in [0.717, 1.165) is 0 Å². The molecule has 0 aromatic rings. The van der Waals surface area contributed by atoms with E-state index < -0.39 is 70.4 Å². The molecule has 1 atom stereocenters. The zero-order chi connectivity index (χ0) is 27.9. The Balaban J connectivity index is 4.70. The van der Waals surface area contributed by atoms with Crippen molar-refractivity contribution in [3.8, 4) is 0 Å². The summed E-state index contributed by atoms with van der Waals surface area (Å²) in [6.45, 7) is 1.90. The fraction of sp³-hybridized carbons (Fsp3) is 0.889. The standard InChI is InChI=1S/C18H25F9O7S/c1-3-14(2,16(19,20)21)33-12(28)9-7-5-4-6-8-10-13(29)34-15(17(22,23)24,18(25,26)27)11-35(30,31)32/h3-11H2,1-2H3,(H,30,31,32). The third-order valence-electron chi connectivity index (χ3n) is 4.96. The van der Waals surface area contributed by atoms with Crippen LogP contribution >= 0.6 is 0 Å². The van der Waals surface area contributed by atoms with Crippen LogP contribution < -0.4 is 0 Å². The number of carbonyl (C=O) groups excluding carboxylic acids is 2. The second-order valence-electron chi connectivity index (χ2n) is 7.85. The number of carbonyl (C=O) groups is 2. The molecule has 0 spiro atoms. The van der Waals surface area contributed by atoms with Crippen LogP contribution in [0.4, 0.5) is 39.5 Å². The fourth-order valence-corrected chi connectivity index (χ4v) is 3.57. The quantitative estimate of drug-likeness (QED) is 0.142. The molecule has 1 unspecified atom stereocenters. The first-order valence-corrected chi connectivity index (χ1v) is 11.7. The Kier molecular flexibility index (Phi) is 11.4. The van der Waals surface area contributed by atoms with Crippen LogP contribution in [0, 0.1) is 0 Å². The van der Waals surface area contributed by atoms with Crippen LogP contribution in [-0.2, 0) is 29.2 Å². The van der Waals surface area contributed by atoms with Crippen LogP contribution in [0.15, 0.2) is 0 Å². The number of hydrogen-bond donors (Lipinski definition) is 1. The first-order valence-electron chi connectivity index (χ1n) is 10.1. The number of rotatable bonds is 13. The Morgan fingerprint density at radius 3 is 1.40 bits per heavy atom. The third-order valence-corrected chi connectivity index (χ3v) is 5.74. The van der Waals surface area contributed by atoms with Gasteiger partial charge in [0.2, 0.25) is 5.60 Å². The highest BCUT2D eigenvalue weighted by Crippen LogP contribution is 2.47. The van der Waals surface area contributed by atoms with Gasteiger partial charge in [-0.2, -0.15) is 47.9 Å². The lowest BCUT2D eigenvalue weighted by Crippen LogP contribution is -2.63. The van der Waals surface area contributed by atoms with Crippen LogP contribution in [0.2, 0.25) is 0 Å². The van der Waals surface area contributed by atoms with Gasteiger partial charge < -0.3 is 9.47 Å². The van der Waals surface area contributed by atoms with Crippen molar-refractivity contribution in [2.75, 3.05) is 5.75 Å². The number of halogens is 9. The Labute approximate surface area is 195 Å². The topological polar surface area (TPSA) is 107 Å². The van der Waals surface area contributed by atoms with Crippen LogP contribution in [0.1, 0.15) is 65.2 Å². The maximum absolute atomic E-state index is 13.1. The van der Waals surface area contributed by atoms with Crippen molar-refractivity contribution in [2.45, 2.75) is 94.9 Å². The van der Waals surface area contributed by atoms with E-state index in [1.54, 1.807) is 0 Å². The van der Waals surface area contributed by atoms with Gasteiger partial charge in [-0.15, -0.1) is 0 Å². The first kappa shape index (κ1) is 33.2. The molecule has 35 heavy (non-hydrogen) atoms. The van der Waals surface area contributed by atoms with Gasteiger partial charge in [-0.25, -0.2) is 0 Å². The van der Waals surface area contributed by atoms with Crippen LogP contribution in [0.3, 0.4) is 0 Å². The van der Waals surface area contributed by atoms with Gasteiger partial charge in [0.25, 0.3) is 10.1 Å². The summed E-state index contributed by atoms with van der Waals surface area (Å²) in [7, 11) is -5.88. The van der Waals surface area contributed by atoms with E-state index in [0.29, 0.717) is 6.92 Å². The average Bonchev–Trinajstić information content (AvgIpc) is 2.62. The predicted octanol–water partition coefficient (Wildman–Crippen LogP) is 5.29. The summed E-state index contributed by atoms with van der Waals surface area (Å²) in [6.07, 6.45) is -19.2. The molecule has 0 heterocycles. The molecule has 208 valence electrons. The van der Waals surface area contributed by atoms with E-state index in [1.807, 2.05) is 0 Å². The second-order valence-corrected chi connectivity index (χ2v) is 9.30. The number of alkyl halides is 9. The number of ether oxygens (including phenoxy) is 2. The smallest absolute Gasteiger partial charge is 0.438 e. The highest BCUT2D eigenvalue weighted by molar-refractivity contribution is 7.85. The monoisotopic (exact) mass is 556 g/mol. The zero-order valence-corrected chi connectivity index (χ0v) is 19.4. The molecule has 0 aromatic heterocycles. The van der Waals surface area contributed by atoms with Crippen molar-refractivity contribution in [1.29, 1.82) is 0 Å². The van der Waals surface area contributed by atoms with Crippen LogP contribution in [0.25, 0.3) is 0 Å². The lowest BCUT2D eigenvalue weighted by Gasteiger charge is -2.35. The second kappa shape index (κ2) is 12.0. The molecule has 0 bridgehead atoms. The van der Waals surface area contributed by atoms with Gasteiger partial charge >= 0.3 is 36.1 Å². The molecule has 0 radical (unpaired) electrons. The molecule has 0 aliphatic carbocycles. The summed E-state index contributed by atoms with van der Waals surface area (Å²) in [5.41, 5.74) is -8.11. The van der Waals surface area contributed by atoms with Gasteiger partial charge in [0.1, 0.15) is 5.75 Å². The van der Waals surface area contributed by atoms with Gasteiger partial charge in [-0.05, 0) is 26.2 Å². The van der Waals surface area contributed by atoms with Crippen LogP contribution in [-0.4, -0.2) is 60.4 Å². The maximum Gasteiger partial charge on any atom is 0.438 e.